The minimum atomic E-state index is 0. The first-order valence-electron chi connectivity index (χ1n) is 12.4. The van der Waals surface area contributed by atoms with E-state index < -0.39 is 0 Å². The summed E-state index contributed by atoms with van der Waals surface area (Å²) in [6, 6.07) is 37.7. The molecule has 0 atom stereocenters. The van der Waals surface area contributed by atoms with Gasteiger partial charge in [0.1, 0.15) is 0 Å². The minimum Gasteiger partial charge on any atom is -0.496 e. The monoisotopic (exact) mass is 673 g/mol. The van der Waals surface area contributed by atoms with E-state index in [-0.39, 0.29) is 26.5 Å². The van der Waals surface area contributed by atoms with Gasteiger partial charge >= 0.3 is 21.1 Å². The molecule has 188 valence electrons. The van der Waals surface area contributed by atoms with Gasteiger partial charge < -0.3 is 14.7 Å². The zero-order chi connectivity index (χ0) is 25.4. The number of hydrogen-bond donors (Lipinski definition) is 0. The summed E-state index contributed by atoms with van der Waals surface area (Å²) in [6.45, 7) is 6.63. The van der Waals surface area contributed by atoms with Gasteiger partial charge in [0.05, 0.1) is 5.75 Å². The molecule has 0 aliphatic carbocycles. The fourth-order valence-electron chi connectivity index (χ4n) is 4.57. The quantitative estimate of drug-likeness (QED) is 0.176. The molecule has 4 heteroatoms. The molecule has 0 aliphatic rings. The summed E-state index contributed by atoms with van der Waals surface area (Å²) in [5, 5.41) is 4.21. The van der Waals surface area contributed by atoms with Crippen LogP contribution in [0.25, 0.3) is 44.1 Å². The average Bonchev–Trinajstić information content (AvgIpc) is 2.92. The Kier molecular flexibility index (Phi) is 7.14. The molecule has 6 rings (SSSR count). The van der Waals surface area contributed by atoms with E-state index >= 15 is 0 Å². The Morgan fingerprint density at radius 1 is 0.658 bits per heavy atom. The van der Waals surface area contributed by atoms with E-state index in [9.17, 15) is 0 Å². The van der Waals surface area contributed by atoms with Crippen molar-refractivity contribution < 1.29 is 25.8 Å². The molecule has 0 spiro atoms. The second kappa shape index (κ2) is 10.5. The number of hydrogen-bond acceptors (Lipinski definition) is 3. The maximum absolute atomic E-state index is 6.55. The molecule has 0 unspecified atom stereocenters. The number of ether oxygens (including phenoxy) is 1. The van der Waals surface area contributed by atoms with Crippen molar-refractivity contribution in [1.82, 2.24) is 9.97 Å². The molecule has 4 aromatic carbocycles. The average molecular weight is 674 g/mol. The molecule has 0 bridgehead atoms. The number of fused-ring (bicyclic) bond motifs is 2. The third-order valence-electron chi connectivity index (χ3n) is 6.55. The van der Waals surface area contributed by atoms with Crippen molar-refractivity contribution >= 4 is 21.5 Å². The molecule has 0 saturated heterocycles. The summed E-state index contributed by atoms with van der Waals surface area (Å²) in [5.74, 6) is 1.27. The van der Waals surface area contributed by atoms with Gasteiger partial charge in [-0.2, -0.15) is 0 Å². The molecule has 3 nitrogen and oxygen atoms in total. The molecule has 2 aromatic heterocycles. The van der Waals surface area contributed by atoms with Gasteiger partial charge in [0.25, 0.3) is 0 Å². The Labute approximate surface area is 237 Å². The maximum atomic E-state index is 6.55. The molecule has 0 radical (unpaired) electrons. The molecule has 0 N–H and O–H groups in total. The van der Waals surface area contributed by atoms with Crippen molar-refractivity contribution in [2.24, 2.45) is 0 Å². The van der Waals surface area contributed by atoms with Crippen LogP contribution in [0.5, 0.6) is 11.5 Å². The van der Waals surface area contributed by atoms with Crippen LogP contribution < -0.4 is 4.74 Å². The number of aromatic nitrogens is 2. The van der Waals surface area contributed by atoms with Crippen LogP contribution in [0, 0.1) is 12.1 Å². The minimum absolute atomic E-state index is 0. The molecule has 0 aliphatic heterocycles. The van der Waals surface area contributed by atoms with Crippen LogP contribution in [0.15, 0.2) is 103 Å². The van der Waals surface area contributed by atoms with E-state index in [2.05, 4.69) is 80.4 Å². The Morgan fingerprint density at radius 3 is 2.08 bits per heavy atom. The third-order valence-corrected chi connectivity index (χ3v) is 6.55. The van der Waals surface area contributed by atoms with Gasteiger partial charge in [-0.3, -0.25) is 0 Å². The zero-order valence-electron chi connectivity index (χ0n) is 21.4. The fourth-order valence-corrected chi connectivity index (χ4v) is 4.57. The van der Waals surface area contributed by atoms with Gasteiger partial charge in [-0.1, -0.05) is 127 Å². The van der Waals surface area contributed by atoms with Crippen LogP contribution >= 0.6 is 0 Å². The van der Waals surface area contributed by atoms with E-state index in [1.54, 1.807) is 6.20 Å². The molecule has 38 heavy (non-hydrogen) atoms. The van der Waals surface area contributed by atoms with Crippen molar-refractivity contribution in [3.8, 4) is 34.0 Å². The van der Waals surface area contributed by atoms with Crippen molar-refractivity contribution in [1.29, 1.82) is 0 Å². The van der Waals surface area contributed by atoms with Gasteiger partial charge in [-0.05, 0) is 34.5 Å². The van der Waals surface area contributed by atoms with E-state index in [1.807, 2.05) is 54.7 Å². The summed E-state index contributed by atoms with van der Waals surface area (Å²) >= 11 is 0. The Bertz CT molecular complexity index is 1740. The normalized spacial score (nSPS) is 11.3. The van der Waals surface area contributed by atoms with Crippen LogP contribution in [0.4, 0.5) is 0 Å². The van der Waals surface area contributed by atoms with Crippen LogP contribution in [0.2, 0.25) is 0 Å². The topological polar surface area (TPSA) is 35.0 Å². The smallest absolute Gasteiger partial charge is 0.496 e. The second-order valence-corrected chi connectivity index (χ2v) is 10.2. The first-order valence-corrected chi connectivity index (χ1v) is 12.4. The first-order chi connectivity index (χ1) is 18.0. The maximum Gasteiger partial charge on any atom is 2.00 e. The van der Waals surface area contributed by atoms with Crippen molar-refractivity contribution in [3.63, 3.8) is 0 Å². The van der Waals surface area contributed by atoms with Crippen molar-refractivity contribution in [3.05, 3.63) is 121 Å². The first kappa shape index (κ1) is 25.8. The van der Waals surface area contributed by atoms with E-state index in [4.69, 9.17) is 9.72 Å². The SMILES string of the molecule is CC(C)(C)c1ccnc(-c2[c-]c(Oc3[c-]c(-c4ccccn4)cc4ccccc34)cc3ccccc23)c1.[Pt+2]. The van der Waals surface area contributed by atoms with Gasteiger partial charge in [-0.15, -0.1) is 17.2 Å². The fraction of sp³-hybridized carbons (Fsp3) is 0.118. The second-order valence-electron chi connectivity index (χ2n) is 10.2. The summed E-state index contributed by atoms with van der Waals surface area (Å²) in [4.78, 5) is 9.25. The molecule has 0 saturated carbocycles. The van der Waals surface area contributed by atoms with Crippen molar-refractivity contribution in [2.45, 2.75) is 26.2 Å². The van der Waals surface area contributed by atoms with Gasteiger partial charge in [0.15, 0.2) is 0 Å². The molecule has 6 aromatic rings. The number of benzene rings is 4. The van der Waals surface area contributed by atoms with Gasteiger partial charge in [0, 0.05) is 18.1 Å². The summed E-state index contributed by atoms with van der Waals surface area (Å²) in [7, 11) is 0. The predicted octanol–water partition coefficient (Wildman–Crippen LogP) is 8.80. The van der Waals surface area contributed by atoms with Crippen LogP contribution in [-0.4, -0.2) is 9.97 Å². The Balaban J connectivity index is 0.00000294. The van der Waals surface area contributed by atoms with Gasteiger partial charge in [-0.25, -0.2) is 0 Å². The Morgan fingerprint density at radius 2 is 1.34 bits per heavy atom. The zero-order valence-corrected chi connectivity index (χ0v) is 23.7. The van der Waals surface area contributed by atoms with E-state index in [1.165, 1.54) is 5.56 Å². The summed E-state index contributed by atoms with van der Waals surface area (Å²) in [5.41, 5.74) is 4.78. The molecule has 2 heterocycles. The third kappa shape index (κ3) is 5.12. The number of pyridine rings is 2. The van der Waals surface area contributed by atoms with Crippen LogP contribution in [0.3, 0.4) is 0 Å². The summed E-state index contributed by atoms with van der Waals surface area (Å²) in [6.07, 6.45) is 3.67. The van der Waals surface area contributed by atoms with E-state index in [0.29, 0.717) is 11.5 Å². The molecule has 0 fully saturated rings. The predicted molar refractivity (Wildman–Crippen MR) is 151 cm³/mol. The molecule has 0 amide bonds. The number of nitrogens with zero attached hydrogens (tertiary/aromatic N) is 2. The summed E-state index contributed by atoms with van der Waals surface area (Å²) < 4.78 is 6.55. The number of rotatable bonds is 4. The van der Waals surface area contributed by atoms with Gasteiger partial charge in [0.2, 0.25) is 0 Å². The standard InChI is InChI=1S/C34H26N2O.Pt/c1-34(2,3)26-15-17-36-32(21-26)30-22-27(19-24-11-4-6-12-28(24)30)37-33-20-25(31-14-8-9-16-35-31)18-23-10-5-7-13-29(23)33;/h4-19,21H,1-3H3;/q-2;+2. The molecular formula is C34H26N2OPt. The van der Waals surface area contributed by atoms with Crippen LogP contribution in [0.1, 0.15) is 26.3 Å². The van der Waals surface area contributed by atoms with Crippen molar-refractivity contribution in [2.75, 3.05) is 0 Å². The largest absolute Gasteiger partial charge is 2.00 e. The van der Waals surface area contributed by atoms with Crippen LogP contribution in [-0.2, 0) is 26.5 Å². The molecular weight excluding hydrogens is 647 g/mol. The van der Waals surface area contributed by atoms with E-state index in [0.717, 1.165) is 44.1 Å². The Hall–Kier alpha value is -3.81.